The van der Waals surface area contributed by atoms with Gasteiger partial charge in [0.25, 0.3) is 0 Å². The summed E-state index contributed by atoms with van der Waals surface area (Å²) in [6.07, 6.45) is 7.28. The number of nitrogens with one attached hydrogen (secondary N) is 2. The van der Waals surface area contributed by atoms with Gasteiger partial charge < -0.3 is 20.4 Å². The van der Waals surface area contributed by atoms with Crippen LogP contribution < -0.4 is 20.4 Å². The molecule has 0 spiro atoms. The van der Waals surface area contributed by atoms with Crippen molar-refractivity contribution in [1.82, 2.24) is 15.3 Å². The molecule has 182 valence electrons. The molecular formula is C28H40N6. The Hall–Kier alpha value is -2.86. The number of hydrogen-bond acceptors (Lipinski definition) is 6. The molecule has 1 saturated heterocycles. The van der Waals surface area contributed by atoms with Gasteiger partial charge in [0.05, 0.1) is 5.52 Å². The predicted molar refractivity (Wildman–Crippen MR) is 145 cm³/mol. The first-order chi connectivity index (χ1) is 16.2. The maximum Gasteiger partial charge on any atom is 0.225 e. The molecule has 1 aromatic heterocycles. The van der Waals surface area contributed by atoms with Crippen LogP contribution in [0.5, 0.6) is 0 Å². The third-order valence-electron chi connectivity index (χ3n) is 7.07. The lowest BCUT2D eigenvalue weighted by atomic mass is 9.91. The Kier molecular flexibility index (Phi) is 7.88. The number of para-hydroxylation sites is 1. The quantitative estimate of drug-likeness (QED) is 0.489. The molecular weight excluding hydrogens is 420 g/mol. The van der Waals surface area contributed by atoms with Crippen molar-refractivity contribution in [2.75, 3.05) is 42.3 Å². The number of anilines is 3. The van der Waals surface area contributed by atoms with E-state index in [-0.39, 0.29) is 7.43 Å². The van der Waals surface area contributed by atoms with E-state index < -0.39 is 0 Å². The number of rotatable bonds is 7. The zero-order chi connectivity index (χ0) is 22.6. The van der Waals surface area contributed by atoms with Gasteiger partial charge in [-0.1, -0.05) is 31.7 Å². The molecule has 2 aliphatic rings. The van der Waals surface area contributed by atoms with Gasteiger partial charge in [-0.3, -0.25) is 0 Å². The van der Waals surface area contributed by atoms with E-state index >= 15 is 0 Å². The van der Waals surface area contributed by atoms with Crippen LogP contribution in [0.2, 0.25) is 0 Å². The Labute approximate surface area is 204 Å². The summed E-state index contributed by atoms with van der Waals surface area (Å²) in [5.74, 6) is 1.71. The van der Waals surface area contributed by atoms with E-state index in [9.17, 15) is 0 Å². The first-order valence-electron chi connectivity index (χ1n) is 12.4. The Balaban J connectivity index is 0.00000274. The van der Waals surface area contributed by atoms with Crippen LogP contribution in [0.15, 0.2) is 48.5 Å². The average molecular weight is 461 g/mol. The molecule has 6 nitrogen and oxygen atoms in total. The number of nitrogens with zero attached hydrogens (tertiary/aromatic N) is 4. The van der Waals surface area contributed by atoms with E-state index in [2.05, 4.69) is 56.8 Å². The van der Waals surface area contributed by atoms with Crippen LogP contribution in [0.25, 0.3) is 10.9 Å². The highest BCUT2D eigenvalue weighted by Gasteiger charge is 2.22. The number of aromatic nitrogens is 2. The van der Waals surface area contributed by atoms with E-state index in [1.54, 1.807) is 0 Å². The van der Waals surface area contributed by atoms with E-state index in [1.807, 2.05) is 26.2 Å². The molecule has 0 bridgehead atoms. The molecule has 2 fully saturated rings. The van der Waals surface area contributed by atoms with E-state index in [4.69, 9.17) is 9.97 Å². The largest absolute Gasteiger partial charge is 0.372 e. The molecule has 3 aromatic rings. The van der Waals surface area contributed by atoms with Crippen LogP contribution in [0.1, 0.15) is 51.5 Å². The van der Waals surface area contributed by atoms with Crippen LogP contribution in [0, 0.1) is 0 Å². The van der Waals surface area contributed by atoms with Gasteiger partial charge in [0.1, 0.15) is 5.82 Å². The van der Waals surface area contributed by atoms with Gasteiger partial charge >= 0.3 is 0 Å². The second-order valence-electron chi connectivity index (χ2n) is 9.72. The fraction of sp³-hybridized carbons (Fsp3) is 0.500. The van der Waals surface area contributed by atoms with Crippen molar-refractivity contribution in [2.45, 2.75) is 64.6 Å². The summed E-state index contributed by atoms with van der Waals surface area (Å²) in [7, 11) is 4.07. The van der Waals surface area contributed by atoms with Crippen molar-refractivity contribution in [2.24, 2.45) is 0 Å². The normalized spacial score (nSPS) is 20.2. The smallest absolute Gasteiger partial charge is 0.225 e. The predicted octanol–water partition coefficient (Wildman–Crippen LogP) is 5.45. The zero-order valence-electron chi connectivity index (χ0n) is 19.9. The number of fused-ring (bicyclic) bond motifs is 1. The molecule has 1 aliphatic heterocycles. The molecule has 0 radical (unpaired) electrons. The fourth-order valence-corrected chi connectivity index (χ4v) is 5.15. The summed E-state index contributed by atoms with van der Waals surface area (Å²) in [6, 6.07) is 18.4. The van der Waals surface area contributed by atoms with Gasteiger partial charge in [0.15, 0.2) is 0 Å². The van der Waals surface area contributed by atoms with E-state index in [0.29, 0.717) is 12.1 Å². The van der Waals surface area contributed by atoms with Crippen LogP contribution in [0.3, 0.4) is 0 Å². The standard InChI is InChI=1S/C27H36N6.CH4/c1-32(2)26-24-7-3-4-8-25(24)30-27(31-26)29-22-13-11-21(12-14-22)28-19-20-9-15-23(16-10-20)33-17-5-6-18-33;/h3-4,7-10,15-16,21-22,28H,5-6,11-14,17-19H2,1-2H3,(H,29,30,31);1H4. The monoisotopic (exact) mass is 460 g/mol. The van der Waals surface area contributed by atoms with E-state index in [1.165, 1.54) is 50.0 Å². The highest BCUT2D eigenvalue weighted by Crippen LogP contribution is 2.27. The van der Waals surface area contributed by atoms with Gasteiger partial charge in [-0.25, -0.2) is 4.98 Å². The SMILES string of the molecule is C.CN(C)c1nc(NC2CCC(NCc3ccc(N4CCCC4)cc3)CC2)nc2ccccc12. The van der Waals surface area contributed by atoms with Gasteiger partial charge in [0.2, 0.25) is 5.95 Å². The van der Waals surface area contributed by atoms with Crippen molar-refractivity contribution in [3.05, 3.63) is 54.1 Å². The van der Waals surface area contributed by atoms with Crippen molar-refractivity contribution in [3.8, 4) is 0 Å². The summed E-state index contributed by atoms with van der Waals surface area (Å²) in [4.78, 5) is 14.1. The lowest BCUT2D eigenvalue weighted by Crippen LogP contribution is -2.37. The Morgan fingerprint density at radius 3 is 2.26 bits per heavy atom. The lowest BCUT2D eigenvalue weighted by Gasteiger charge is -2.30. The number of benzene rings is 2. The minimum atomic E-state index is 0. The molecule has 1 aliphatic carbocycles. The van der Waals surface area contributed by atoms with Crippen LogP contribution in [0.4, 0.5) is 17.5 Å². The number of hydrogen-bond donors (Lipinski definition) is 2. The van der Waals surface area contributed by atoms with Gasteiger partial charge in [-0.05, 0) is 68.4 Å². The molecule has 0 unspecified atom stereocenters. The van der Waals surface area contributed by atoms with Gasteiger partial charge in [-0.2, -0.15) is 4.98 Å². The van der Waals surface area contributed by atoms with Crippen LogP contribution >= 0.6 is 0 Å². The van der Waals surface area contributed by atoms with Crippen LogP contribution in [-0.4, -0.2) is 49.2 Å². The lowest BCUT2D eigenvalue weighted by molar-refractivity contribution is 0.352. The molecule has 34 heavy (non-hydrogen) atoms. The molecule has 1 saturated carbocycles. The minimum absolute atomic E-state index is 0. The van der Waals surface area contributed by atoms with Crippen molar-refractivity contribution in [1.29, 1.82) is 0 Å². The first-order valence-corrected chi connectivity index (χ1v) is 12.4. The second kappa shape index (κ2) is 11.0. The third-order valence-corrected chi connectivity index (χ3v) is 7.07. The van der Waals surface area contributed by atoms with Crippen molar-refractivity contribution < 1.29 is 0 Å². The minimum Gasteiger partial charge on any atom is -0.372 e. The zero-order valence-corrected chi connectivity index (χ0v) is 19.9. The fourth-order valence-electron chi connectivity index (χ4n) is 5.15. The molecule has 0 atom stereocenters. The van der Waals surface area contributed by atoms with Crippen LogP contribution in [-0.2, 0) is 6.54 Å². The van der Waals surface area contributed by atoms with Gasteiger partial charge in [-0.15, -0.1) is 0 Å². The molecule has 5 rings (SSSR count). The maximum absolute atomic E-state index is 4.81. The first kappa shape index (κ1) is 24.3. The molecule has 2 heterocycles. The molecule has 0 amide bonds. The Bertz CT molecular complexity index is 1050. The molecule has 2 aromatic carbocycles. The summed E-state index contributed by atoms with van der Waals surface area (Å²) in [5.41, 5.74) is 3.74. The summed E-state index contributed by atoms with van der Waals surface area (Å²) >= 11 is 0. The summed E-state index contributed by atoms with van der Waals surface area (Å²) < 4.78 is 0. The van der Waals surface area contributed by atoms with Gasteiger partial charge in [0, 0.05) is 56.9 Å². The highest BCUT2D eigenvalue weighted by atomic mass is 15.2. The second-order valence-corrected chi connectivity index (χ2v) is 9.72. The molecule has 2 N–H and O–H groups in total. The van der Waals surface area contributed by atoms with Crippen molar-refractivity contribution in [3.63, 3.8) is 0 Å². The topological polar surface area (TPSA) is 56.3 Å². The Morgan fingerprint density at radius 1 is 0.882 bits per heavy atom. The van der Waals surface area contributed by atoms with E-state index in [0.717, 1.165) is 42.1 Å². The highest BCUT2D eigenvalue weighted by molar-refractivity contribution is 5.90. The molecule has 6 heteroatoms. The third kappa shape index (κ3) is 5.61. The Morgan fingerprint density at radius 2 is 1.56 bits per heavy atom. The summed E-state index contributed by atoms with van der Waals surface area (Å²) in [5, 5.41) is 8.49. The summed E-state index contributed by atoms with van der Waals surface area (Å²) in [6.45, 7) is 3.36. The maximum atomic E-state index is 4.81. The average Bonchev–Trinajstić information content (AvgIpc) is 3.38. The van der Waals surface area contributed by atoms with Crippen molar-refractivity contribution >= 4 is 28.4 Å².